The topological polar surface area (TPSA) is 75.7 Å². The van der Waals surface area contributed by atoms with E-state index in [1.807, 2.05) is 13.0 Å². The zero-order chi connectivity index (χ0) is 23.5. The Balaban J connectivity index is 1.55. The lowest BCUT2D eigenvalue weighted by atomic mass is 9.97. The second-order valence-electron chi connectivity index (χ2n) is 7.86. The van der Waals surface area contributed by atoms with E-state index in [-0.39, 0.29) is 35.6 Å². The maximum absolute atomic E-state index is 13.0. The van der Waals surface area contributed by atoms with E-state index in [0.29, 0.717) is 24.1 Å². The summed E-state index contributed by atoms with van der Waals surface area (Å²) in [6.07, 6.45) is -3.67. The van der Waals surface area contributed by atoms with Crippen LogP contribution in [0.4, 0.5) is 18.9 Å². The average molecular weight is 471 g/mol. The molecule has 0 radical (unpaired) electrons. The number of alkyl halides is 3. The average Bonchev–Trinajstić information content (AvgIpc) is 2.72. The van der Waals surface area contributed by atoms with Crippen molar-refractivity contribution in [1.82, 2.24) is 4.31 Å². The van der Waals surface area contributed by atoms with Crippen LogP contribution < -0.4 is 10.1 Å². The molecule has 1 N–H and O–H groups in total. The molecule has 0 spiro atoms. The van der Waals surface area contributed by atoms with Crippen LogP contribution in [0.15, 0.2) is 47.4 Å². The second-order valence-corrected chi connectivity index (χ2v) is 9.77. The number of nitrogens with one attached hydrogen (secondary N) is 1. The van der Waals surface area contributed by atoms with Gasteiger partial charge in [-0.2, -0.15) is 17.5 Å². The van der Waals surface area contributed by atoms with Crippen molar-refractivity contribution in [2.24, 2.45) is 5.92 Å². The third-order valence-corrected chi connectivity index (χ3v) is 7.36. The van der Waals surface area contributed by atoms with Crippen LogP contribution in [0.3, 0.4) is 0 Å². The SMILES string of the molecule is Cc1ccc(S(=O)(=O)N2CCC(C(=O)Nc3ccc(OCC(F)(F)F)cc3)CC2)c(C)c1. The monoisotopic (exact) mass is 470 g/mol. The van der Waals surface area contributed by atoms with Gasteiger partial charge in [-0.1, -0.05) is 17.7 Å². The van der Waals surface area contributed by atoms with Gasteiger partial charge in [0.1, 0.15) is 5.75 Å². The van der Waals surface area contributed by atoms with Crippen LogP contribution in [-0.2, 0) is 14.8 Å². The van der Waals surface area contributed by atoms with Crippen molar-refractivity contribution >= 4 is 21.6 Å². The number of ether oxygens (including phenoxy) is 1. The van der Waals surface area contributed by atoms with Gasteiger partial charge in [0.2, 0.25) is 15.9 Å². The summed E-state index contributed by atoms with van der Waals surface area (Å²) in [5.74, 6) is -0.565. The smallest absolute Gasteiger partial charge is 0.422 e. The predicted molar refractivity (Wildman–Crippen MR) is 114 cm³/mol. The lowest BCUT2D eigenvalue weighted by molar-refractivity contribution is -0.153. The lowest BCUT2D eigenvalue weighted by Crippen LogP contribution is -2.41. The molecule has 1 aliphatic rings. The molecule has 0 aromatic heterocycles. The molecule has 3 rings (SSSR count). The quantitative estimate of drug-likeness (QED) is 0.684. The van der Waals surface area contributed by atoms with Crippen molar-refractivity contribution in [2.45, 2.75) is 37.8 Å². The number of anilines is 1. The number of piperidine rings is 1. The summed E-state index contributed by atoms with van der Waals surface area (Å²) in [4.78, 5) is 12.8. The van der Waals surface area contributed by atoms with Crippen LogP contribution in [0.2, 0.25) is 0 Å². The van der Waals surface area contributed by atoms with E-state index in [1.54, 1.807) is 19.1 Å². The van der Waals surface area contributed by atoms with E-state index in [4.69, 9.17) is 0 Å². The van der Waals surface area contributed by atoms with Crippen LogP contribution in [0, 0.1) is 19.8 Å². The van der Waals surface area contributed by atoms with E-state index >= 15 is 0 Å². The normalized spacial score (nSPS) is 16.0. The van der Waals surface area contributed by atoms with Crippen molar-refractivity contribution in [1.29, 1.82) is 0 Å². The molecule has 1 saturated heterocycles. The molecule has 2 aromatic carbocycles. The Morgan fingerprint density at radius 2 is 1.72 bits per heavy atom. The van der Waals surface area contributed by atoms with E-state index in [2.05, 4.69) is 10.1 Å². The molecule has 6 nitrogen and oxygen atoms in total. The molecule has 0 unspecified atom stereocenters. The fourth-order valence-electron chi connectivity index (χ4n) is 3.63. The lowest BCUT2D eigenvalue weighted by Gasteiger charge is -2.31. The van der Waals surface area contributed by atoms with E-state index < -0.39 is 22.8 Å². The molecule has 10 heteroatoms. The van der Waals surface area contributed by atoms with Crippen LogP contribution in [0.25, 0.3) is 0 Å². The third-order valence-electron chi connectivity index (χ3n) is 5.30. The first-order valence-corrected chi connectivity index (χ1v) is 11.6. The fourth-order valence-corrected chi connectivity index (χ4v) is 5.31. The number of hydrogen-bond donors (Lipinski definition) is 1. The fraction of sp³-hybridized carbons (Fsp3) is 0.409. The summed E-state index contributed by atoms with van der Waals surface area (Å²) >= 11 is 0. The van der Waals surface area contributed by atoms with Gasteiger partial charge in [0, 0.05) is 24.7 Å². The Labute approximate surface area is 185 Å². The van der Waals surface area contributed by atoms with Gasteiger partial charge in [0.25, 0.3) is 0 Å². The standard InChI is InChI=1S/C22H25F3N2O4S/c1-15-3-8-20(16(2)13-15)32(29,30)27-11-9-17(10-12-27)21(28)26-18-4-6-19(7-5-18)31-14-22(23,24)25/h3-8,13,17H,9-12,14H2,1-2H3,(H,26,28). The zero-order valence-corrected chi connectivity index (χ0v) is 18.6. The number of aryl methyl sites for hydroxylation is 2. The minimum atomic E-state index is -4.42. The molecule has 0 atom stereocenters. The number of carbonyl (C=O) groups is 1. The highest BCUT2D eigenvalue weighted by atomic mass is 32.2. The number of nitrogens with zero attached hydrogens (tertiary/aromatic N) is 1. The van der Waals surface area contributed by atoms with E-state index in [0.717, 1.165) is 5.56 Å². The van der Waals surface area contributed by atoms with Gasteiger partial charge < -0.3 is 10.1 Å². The highest BCUT2D eigenvalue weighted by Crippen LogP contribution is 2.27. The van der Waals surface area contributed by atoms with Gasteiger partial charge in [-0.05, 0) is 62.6 Å². The number of halogens is 3. The molecular formula is C22H25F3N2O4S. The Morgan fingerprint density at radius 3 is 2.28 bits per heavy atom. The van der Waals surface area contributed by atoms with Gasteiger partial charge in [0.15, 0.2) is 6.61 Å². The molecule has 32 heavy (non-hydrogen) atoms. The molecule has 2 aromatic rings. The van der Waals surface area contributed by atoms with Crippen molar-refractivity contribution < 1.29 is 31.1 Å². The number of benzene rings is 2. The number of hydrogen-bond acceptors (Lipinski definition) is 4. The minimum absolute atomic E-state index is 0.0465. The third kappa shape index (κ3) is 6.01. The van der Waals surface area contributed by atoms with Crippen LogP contribution in [0.5, 0.6) is 5.75 Å². The van der Waals surface area contributed by atoms with Crippen LogP contribution in [0.1, 0.15) is 24.0 Å². The molecular weight excluding hydrogens is 445 g/mol. The second kappa shape index (κ2) is 9.50. The molecule has 1 amide bonds. The summed E-state index contributed by atoms with van der Waals surface area (Å²) in [6.45, 7) is 2.74. The van der Waals surface area contributed by atoms with Gasteiger partial charge in [-0.25, -0.2) is 8.42 Å². The van der Waals surface area contributed by atoms with Gasteiger partial charge in [-0.3, -0.25) is 4.79 Å². The summed E-state index contributed by atoms with van der Waals surface area (Å²) in [6, 6.07) is 10.8. The highest BCUT2D eigenvalue weighted by Gasteiger charge is 2.33. The molecule has 1 fully saturated rings. The van der Waals surface area contributed by atoms with Gasteiger partial charge in [-0.15, -0.1) is 0 Å². The van der Waals surface area contributed by atoms with Crippen LogP contribution in [-0.4, -0.2) is 44.5 Å². The van der Waals surface area contributed by atoms with Crippen molar-refractivity contribution in [2.75, 3.05) is 25.0 Å². The maximum Gasteiger partial charge on any atom is 0.422 e. The first-order chi connectivity index (χ1) is 15.0. The first-order valence-electron chi connectivity index (χ1n) is 10.1. The molecule has 0 bridgehead atoms. The summed E-state index contributed by atoms with van der Waals surface area (Å²) in [7, 11) is -3.63. The van der Waals surface area contributed by atoms with E-state index in [9.17, 15) is 26.4 Å². The molecule has 1 aliphatic heterocycles. The maximum atomic E-state index is 13.0. The Morgan fingerprint density at radius 1 is 1.09 bits per heavy atom. The Kier molecular flexibility index (Phi) is 7.14. The minimum Gasteiger partial charge on any atom is -0.484 e. The number of carbonyl (C=O) groups excluding carboxylic acids is 1. The summed E-state index contributed by atoms with van der Waals surface area (Å²) < 4.78 is 68.6. The van der Waals surface area contributed by atoms with Crippen molar-refractivity contribution in [3.8, 4) is 5.75 Å². The molecule has 174 valence electrons. The summed E-state index contributed by atoms with van der Waals surface area (Å²) in [5.41, 5.74) is 2.10. The van der Waals surface area contributed by atoms with E-state index in [1.165, 1.54) is 28.6 Å². The molecule has 0 aliphatic carbocycles. The van der Waals surface area contributed by atoms with Crippen molar-refractivity contribution in [3.63, 3.8) is 0 Å². The number of sulfonamides is 1. The van der Waals surface area contributed by atoms with Crippen molar-refractivity contribution in [3.05, 3.63) is 53.6 Å². The first kappa shape index (κ1) is 24.1. The number of amides is 1. The molecule has 0 saturated carbocycles. The zero-order valence-electron chi connectivity index (χ0n) is 17.8. The predicted octanol–water partition coefficient (Wildman–Crippen LogP) is 4.28. The molecule has 1 heterocycles. The van der Waals surface area contributed by atoms with Gasteiger partial charge in [0.05, 0.1) is 4.90 Å². The summed E-state index contributed by atoms with van der Waals surface area (Å²) in [5, 5.41) is 2.73. The number of rotatable bonds is 6. The largest absolute Gasteiger partial charge is 0.484 e. The van der Waals surface area contributed by atoms with Gasteiger partial charge >= 0.3 is 6.18 Å². The Hall–Kier alpha value is -2.59. The highest BCUT2D eigenvalue weighted by molar-refractivity contribution is 7.89. The van der Waals surface area contributed by atoms with Crippen LogP contribution >= 0.6 is 0 Å². The Bertz CT molecular complexity index is 1060.